The van der Waals surface area contributed by atoms with Gasteiger partial charge in [0.25, 0.3) is 0 Å². The minimum atomic E-state index is -0.213. The van der Waals surface area contributed by atoms with Gasteiger partial charge in [-0.15, -0.1) is 10.2 Å². The molecular weight excluding hydrogens is 327 g/mol. The molecule has 1 N–H and O–H groups in total. The summed E-state index contributed by atoms with van der Waals surface area (Å²) in [7, 11) is 1.74. The summed E-state index contributed by atoms with van der Waals surface area (Å²) in [4.78, 5) is 2.43. The first-order valence-corrected chi connectivity index (χ1v) is 9.09. The van der Waals surface area contributed by atoms with E-state index in [1.54, 1.807) is 30.6 Å². The van der Waals surface area contributed by atoms with E-state index >= 15 is 0 Å². The summed E-state index contributed by atoms with van der Waals surface area (Å²) in [5, 5.41) is 13.8. The van der Waals surface area contributed by atoms with E-state index in [0.29, 0.717) is 12.5 Å². The summed E-state index contributed by atoms with van der Waals surface area (Å²) in [6.45, 7) is 3.97. The fourth-order valence-electron chi connectivity index (χ4n) is 2.86. The first kappa shape index (κ1) is 17.3. The van der Waals surface area contributed by atoms with Crippen LogP contribution in [0, 0.1) is 5.82 Å². The van der Waals surface area contributed by atoms with Gasteiger partial charge >= 0.3 is 0 Å². The molecule has 0 unspecified atom stereocenters. The minimum Gasteiger partial charge on any atom is -0.383 e. The predicted molar refractivity (Wildman–Crippen MR) is 94.1 cm³/mol. The Labute approximate surface area is 145 Å². The first-order valence-electron chi connectivity index (χ1n) is 8.27. The number of halogens is 1. The summed E-state index contributed by atoms with van der Waals surface area (Å²) in [5.41, 5.74) is 1.05. The first-order chi connectivity index (χ1) is 11.7. The van der Waals surface area contributed by atoms with Crippen molar-refractivity contribution >= 4 is 16.5 Å². The Morgan fingerprint density at radius 2 is 2.00 bits per heavy atom. The highest BCUT2D eigenvalue weighted by molar-refractivity contribution is 7.15. The third kappa shape index (κ3) is 4.96. The maximum absolute atomic E-state index is 12.9. The number of nitrogens with zero attached hydrogens (tertiary/aromatic N) is 3. The van der Waals surface area contributed by atoms with Crippen LogP contribution in [0.4, 0.5) is 9.52 Å². The number of benzene rings is 1. The van der Waals surface area contributed by atoms with Gasteiger partial charge < -0.3 is 15.0 Å². The monoisotopic (exact) mass is 350 g/mol. The molecule has 1 aromatic carbocycles. The van der Waals surface area contributed by atoms with E-state index in [4.69, 9.17) is 4.74 Å². The lowest BCUT2D eigenvalue weighted by Crippen LogP contribution is -2.40. The molecule has 2 aromatic rings. The largest absolute Gasteiger partial charge is 0.383 e. The van der Waals surface area contributed by atoms with Crippen LogP contribution in [0.2, 0.25) is 0 Å². The molecule has 1 fully saturated rings. The number of methoxy groups -OCH3 is 1. The van der Waals surface area contributed by atoms with Crippen LogP contribution < -0.4 is 5.32 Å². The molecule has 0 saturated carbocycles. The SMILES string of the molecule is COCCN1CCC(Nc2nnc(Cc3ccc(F)cc3)s2)CC1. The van der Waals surface area contributed by atoms with E-state index < -0.39 is 0 Å². The summed E-state index contributed by atoms with van der Waals surface area (Å²) in [6, 6.07) is 6.99. The van der Waals surface area contributed by atoms with E-state index in [1.165, 1.54) is 12.1 Å². The molecule has 3 rings (SSSR count). The zero-order valence-electron chi connectivity index (χ0n) is 13.9. The Morgan fingerprint density at radius 3 is 2.71 bits per heavy atom. The van der Waals surface area contributed by atoms with Gasteiger partial charge in [0.1, 0.15) is 10.8 Å². The van der Waals surface area contributed by atoms with Crippen molar-refractivity contribution in [1.29, 1.82) is 0 Å². The molecule has 24 heavy (non-hydrogen) atoms. The molecule has 2 heterocycles. The molecule has 0 radical (unpaired) electrons. The minimum absolute atomic E-state index is 0.213. The van der Waals surface area contributed by atoms with Crippen molar-refractivity contribution in [2.24, 2.45) is 0 Å². The van der Waals surface area contributed by atoms with Crippen molar-refractivity contribution in [2.45, 2.75) is 25.3 Å². The summed E-state index contributed by atoms with van der Waals surface area (Å²) in [5.74, 6) is -0.213. The van der Waals surface area contributed by atoms with Crippen LogP contribution in [-0.4, -0.2) is 54.5 Å². The van der Waals surface area contributed by atoms with Gasteiger partial charge in [0.05, 0.1) is 6.61 Å². The number of likely N-dealkylation sites (tertiary alicyclic amines) is 1. The molecule has 0 amide bonds. The smallest absolute Gasteiger partial charge is 0.205 e. The molecule has 130 valence electrons. The second-order valence-corrected chi connectivity index (χ2v) is 7.12. The number of ether oxygens (including phenoxy) is 1. The van der Waals surface area contributed by atoms with Crippen LogP contribution in [-0.2, 0) is 11.2 Å². The van der Waals surface area contributed by atoms with Gasteiger partial charge in [0.15, 0.2) is 0 Å². The van der Waals surface area contributed by atoms with Crippen molar-refractivity contribution < 1.29 is 9.13 Å². The Balaban J connectivity index is 1.47. The van der Waals surface area contributed by atoms with Gasteiger partial charge in [0.2, 0.25) is 5.13 Å². The molecule has 0 spiro atoms. The van der Waals surface area contributed by atoms with Gasteiger partial charge in [-0.25, -0.2) is 4.39 Å². The molecule has 7 heteroatoms. The van der Waals surface area contributed by atoms with Crippen LogP contribution >= 0.6 is 11.3 Å². The molecule has 1 aliphatic heterocycles. The molecule has 0 atom stereocenters. The molecule has 1 aliphatic rings. The normalized spacial score (nSPS) is 16.4. The van der Waals surface area contributed by atoms with Crippen molar-refractivity contribution in [3.63, 3.8) is 0 Å². The Bertz CT molecular complexity index is 626. The van der Waals surface area contributed by atoms with Crippen LogP contribution in [0.1, 0.15) is 23.4 Å². The lowest BCUT2D eigenvalue weighted by Gasteiger charge is -2.31. The Morgan fingerprint density at radius 1 is 1.25 bits per heavy atom. The fraction of sp³-hybridized carbons (Fsp3) is 0.529. The number of aromatic nitrogens is 2. The van der Waals surface area contributed by atoms with Crippen LogP contribution in [0.3, 0.4) is 0 Å². The Kier molecular flexibility index (Phi) is 6.12. The molecule has 1 saturated heterocycles. The maximum Gasteiger partial charge on any atom is 0.205 e. The maximum atomic E-state index is 12.9. The Hall–Kier alpha value is -1.57. The lowest BCUT2D eigenvalue weighted by atomic mass is 10.1. The third-order valence-electron chi connectivity index (χ3n) is 4.26. The number of piperidine rings is 1. The lowest BCUT2D eigenvalue weighted by molar-refractivity contribution is 0.132. The topological polar surface area (TPSA) is 50.3 Å². The molecule has 0 aliphatic carbocycles. The number of rotatable bonds is 7. The van der Waals surface area contributed by atoms with Gasteiger partial charge in [-0.1, -0.05) is 23.5 Å². The highest BCUT2D eigenvalue weighted by atomic mass is 32.1. The molecule has 1 aromatic heterocycles. The average molecular weight is 350 g/mol. The van der Waals surface area contributed by atoms with Crippen molar-refractivity contribution in [3.05, 3.63) is 40.7 Å². The summed E-state index contributed by atoms with van der Waals surface area (Å²) < 4.78 is 18.1. The third-order valence-corrected chi connectivity index (χ3v) is 5.12. The van der Waals surface area contributed by atoms with E-state index in [2.05, 4.69) is 20.4 Å². The van der Waals surface area contributed by atoms with Crippen molar-refractivity contribution in [1.82, 2.24) is 15.1 Å². The zero-order valence-corrected chi connectivity index (χ0v) is 14.7. The van der Waals surface area contributed by atoms with E-state index in [-0.39, 0.29) is 5.82 Å². The number of anilines is 1. The fourth-order valence-corrected chi connectivity index (χ4v) is 3.71. The van der Waals surface area contributed by atoms with Gasteiger partial charge in [-0.2, -0.15) is 0 Å². The van der Waals surface area contributed by atoms with Crippen LogP contribution in [0.25, 0.3) is 0 Å². The highest BCUT2D eigenvalue weighted by Crippen LogP contribution is 2.22. The second-order valence-electron chi connectivity index (χ2n) is 6.06. The van der Waals surface area contributed by atoms with Crippen LogP contribution in [0.15, 0.2) is 24.3 Å². The zero-order chi connectivity index (χ0) is 16.8. The van der Waals surface area contributed by atoms with Gasteiger partial charge in [-0.3, -0.25) is 0 Å². The van der Waals surface area contributed by atoms with Gasteiger partial charge in [-0.05, 0) is 30.5 Å². The quantitative estimate of drug-likeness (QED) is 0.832. The summed E-state index contributed by atoms with van der Waals surface area (Å²) in [6.07, 6.45) is 2.91. The molecule has 5 nitrogen and oxygen atoms in total. The number of hydrogen-bond donors (Lipinski definition) is 1. The standard InChI is InChI=1S/C17H23FN4OS/c1-23-11-10-22-8-6-15(7-9-22)19-17-21-20-16(24-17)12-13-2-4-14(18)5-3-13/h2-5,15H,6-12H2,1H3,(H,19,21). The predicted octanol–water partition coefficient (Wildman–Crippen LogP) is 2.79. The highest BCUT2D eigenvalue weighted by Gasteiger charge is 2.19. The van der Waals surface area contributed by atoms with Crippen LogP contribution in [0.5, 0.6) is 0 Å². The average Bonchev–Trinajstić information content (AvgIpc) is 3.03. The van der Waals surface area contributed by atoms with Crippen molar-refractivity contribution in [3.8, 4) is 0 Å². The van der Waals surface area contributed by atoms with E-state index in [1.807, 2.05) is 0 Å². The summed E-state index contributed by atoms with van der Waals surface area (Å²) >= 11 is 1.58. The molecule has 0 bridgehead atoms. The van der Waals surface area contributed by atoms with Crippen molar-refractivity contribution in [2.75, 3.05) is 38.7 Å². The van der Waals surface area contributed by atoms with E-state index in [9.17, 15) is 4.39 Å². The van der Waals surface area contributed by atoms with E-state index in [0.717, 1.165) is 54.8 Å². The number of hydrogen-bond acceptors (Lipinski definition) is 6. The number of nitrogens with one attached hydrogen (secondary N) is 1. The molecular formula is C17H23FN4OS. The van der Waals surface area contributed by atoms with Gasteiger partial charge in [0, 0.05) is 39.2 Å². The second kappa shape index (κ2) is 8.50.